The Morgan fingerprint density at radius 1 is 1.09 bits per heavy atom. The molecule has 0 aliphatic rings. The Balaban J connectivity index is 1.61. The van der Waals surface area contributed by atoms with Gasteiger partial charge in [-0.15, -0.1) is 10.2 Å². The Bertz CT molecular complexity index is 1400. The average molecular weight is 479 g/mol. The summed E-state index contributed by atoms with van der Waals surface area (Å²) in [4.78, 5) is 40.7. The van der Waals surface area contributed by atoms with Gasteiger partial charge >= 0.3 is 5.69 Å². The number of ether oxygens (including phenoxy) is 1. The van der Waals surface area contributed by atoms with Crippen LogP contribution in [0.15, 0.2) is 69.3 Å². The molecule has 0 spiro atoms. The number of para-hydroxylation sites is 1. The van der Waals surface area contributed by atoms with E-state index in [4.69, 9.17) is 4.74 Å². The van der Waals surface area contributed by atoms with E-state index in [1.807, 2.05) is 43.3 Å². The first-order valence-corrected chi connectivity index (χ1v) is 11.3. The second-order valence-corrected chi connectivity index (χ2v) is 8.32. The Morgan fingerprint density at radius 2 is 1.85 bits per heavy atom. The molecule has 0 radical (unpaired) electrons. The number of benzene rings is 2. The summed E-state index contributed by atoms with van der Waals surface area (Å²) in [5.74, 6) is 1.12. The van der Waals surface area contributed by atoms with Crippen molar-refractivity contribution in [3.05, 3.63) is 92.5 Å². The first-order valence-electron chi connectivity index (χ1n) is 10.3. The van der Waals surface area contributed by atoms with Gasteiger partial charge in [0.05, 0.1) is 12.9 Å². The van der Waals surface area contributed by atoms with Crippen molar-refractivity contribution in [2.24, 2.45) is 0 Å². The number of nitrogens with zero attached hydrogens (tertiary/aromatic N) is 3. The average Bonchev–Trinajstić information content (AvgIpc) is 3.21. The van der Waals surface area contributed by atoms with Gasteiger partial charge in [-0.3, -0.25) is 19.1 Å². The smallest absolute Gasteiger partial charge is 0.325 e. The fraction of sp³-hybridized carbons (Fsp3) is 0.174. The predicted octanol–water partition coefficient (Wildman–Crippen LogP) is 2.28. The molecular formula is C23H22N6O4S. The number of hydrogen-bond donors (Lipinski definition) is 3. The molecule has 0 aliphatic heterocycles. The second-order valence-electron chi connectivity index (χ2n) is 7.37. The molecule has 174 valence electrons. The SMILES string of the molecule is COc1ccc(-n2c(Cc3cc(=O)[nH]c(=O)[nH]3)nnc2SCC(=O)Nc2ccccc2C)cc1. The summed E-state index contributed by atoms with van der Waals surface area (Å²) < 4.78 is 7.02. The predicted molar refractivity (Wildman–Crippen MR) is 129 cm³/mol. The van der Waals surface area contributed by atoms with Crippen LogP contribution in [0.2, 0.25) is 0 Å². The minimum Gasteiger partial charge on any atom is -0.497 e. The van der Waals surface area contributed by atoms with Crippen molar-refractivity contribution < 1.29 is 9.53 Å². The number of H-pyrrole nitrogens is 2. The number of hydrogen-bond acceptors (Lipinski definition) is 7. The number of aryl methyl sites for hydroxylation is 1. The molecule has 2 aromatic carbocycles. The summed E-state index contributed by atoms with van der Waals surface area (Å²) in [5, 5.41) is 11.9. The molecule has 0 bridgehead atoms. The number of carbonyl (C=O) groups is 1. The number of anilines is 1. The second kappa shape index (κ2) is 10.2. The first kappa shape index (κ1) is 23.1. The van der Waals surface area contributed by atoms with E-state index < -0.39 is 11.2 Å². The van der Waals surface area contributed by atoms with Crippen LogP contribution in [0.3, 0.4) is 0 Å². The summed E-state index contributed by atoms with van der Waals surface area (Å²) in [6, 6.07) is 16.1. The summed E-state index contributed by atoms with van der Waals surface area (Å²) in [7, 11) is 1.58. The molecule has 4 rings (SSSR count). The zero-order valence-corrected chi connectivity index (χ0v) is 19.3. The Labute approximate surface area is 198 Å². The first-order chi connectivity index (χ1) is 16.4. The molecule has 3 N–H and O–H groups in total. The van der Waals surface area contributed by atoms with Crippen LogP contribution in [-0.2, 0) is 11.2 Å². The molecule has 34 heavy (non-hydrogen) atoms. The lowest BCUT2D eigenvalue weighted by Gasteiger charge is -2.11. The number of amides is 1. The molecule has 1 amide bonds. The molecule has 4 aromatic rings. The van der Waals surface area contributed by atoms with Gasteiger partial charge in [0, 0.05) is 29.6 Å². The van der Waals surface area contributed by atoms with Gasteiger partial charge in [-0.1, -0.05) is 30.0 Å². The summed E-state index contributed by atoms with van der Waals surface area (Å²) in [5.41, 5.74) is 1.76. The number of rotatable bonds is 8. The molecule has 0 saturated heterocycles. The van der Waals surface area contributed by atoms with Crippen LogP contribution in [-0.4, -0.2) is 43.5 Å². The molecule has 11 heteroatoms. The van der Waals surface area contributed by atoms with E-state index in [-0.39, 0.29) is 18.1 Å². The van der Waals surface area contributed by atoms with Gasteiger partial charge in [-0.2, -0.15) is 0 Å². The van der Waals surface area contributed by atoms with Crippen molar-refractivity contribution in [1.29, 1.82) is 0 Å². The van der Waals surface area contributed by atoms with Crippen molar-refractivity contribution >= 4 is 23.4 Å². The third-order valence-electron chi connectivity index (χ3n) is 4.95. The zero-order chi connectivity index (χ0) is 24.1. The van der Waals surface area contributed by atoms with E-state index in [0.29, 0.717) is 22.4 Å². The van der Waals surface area contributed by atoms with Gasteiger partial charge in [0.2, 0.25) is 5.91 Å². The molecule has 0 unspecified atom stereocenters. The fourth-order valence-electron chi connectivity index (χ4n) is 3.31. The van der Waals surface area contributed by atoms with Crippen LogP contribution in [0, 0.1) is 6.92 Å². The van der Waals surface area contributed by atoms with Crippen LogP contribution in [0.5, 0.6) is 5.75 Å². The highest BCUT2D eigenvalue weighted by Crippen LogP contribution is 2.25. The van der Waals surface area contributed by atoms with Crippen LogP contribution in [0.1, 0.15) is 17.1 Å². The maximum atomic E-state index is 12.6. The third kappa shape index (κ3) is 5.44. The third-order valence-corrected chi connectivity index (χ3v) is 5.88. The van der Waals surface area contributed by atoms with Gasteiger partial charge in [-0.25, -0.2) is 4.79 Å². The van der Waals surface area contributed by atoms with Crippen molar-refractivity contribution in [1.82, 2.24) is 24.7 Å². The minimum absolute atomic E-state index is 0.116. The van der Waals surface area contributed by atoms with Crippen LogP contribution in [0.4, 0.5) is 5.69 Å². The van der Waals surface area contributed by atoms with Gasteiger partial charge in [0.1, 0.15) is 11.6 Å². The lowest BCUT2D eigenvalue weighted by molar-refractivity contribution is -0.113. The highest BCUT2D eigenvalue weighted by molar-refractivity contribution is 7.99. The largest absolute Gasteiger partial charge is 0.497 e. The molecule has 10 nitrogen and oxygen atoms in total. The Morgan fingerprint density at radius 3 is 2.56 bits per heavy atom. The molecular weight excluding hydrogens is 456 g/mol. The van der Waals surface area contributed by atoms with Gasteiger partial charge < -0.3 is 15.0 Å². The van der Waals surface area contributed by atoms with E-state index in [0.717, 1.165) is 16.9 Å². The summed E-state index contributed by atoms with van der Waals surface area (Å²) in [6.07, 6.45) is 0.161. The molecule has 0 aliphatic carbocycles. The number of thioether (sulfide) groups is 1. The van der Waals surface area contributed by atoms with E-state index in [9.17, 15) is 14.4 Å². The number of methoxy groups -OCH3 is 1. The summed E-state index contributed by atoms with van der Waals surface area (Å²) in [6.45, 7) is 1.92. The lowest BCUT2D eigenvalue weighted by Crippen LogP contribution is -2.23. The van der Waals surface area contributed by atoms with Crippen LogP contribution >= 0.6 is 11.8 Å². The van der Waals surface area contributed by atoms with Crippen molar-refractivity contribution in [2.45, 2.75) is 18.5 Å². The minimum atomic E-state index is -0.597. The van der Waals surface area contributed by atoms with E-state index in [1.165, 1.54) is 17.8 Å². The quantitative estimate of drug-likeness (QED) is 0.331. The van der Waals surface area contributed by atoms with Crippen LogP contribution in [0.25, 0.3) is 5.69 Å². The number of nitrogens with one attached hydrogen (secondary N) is 3. The van der Waals surface area contributed by atoms with E-state index >= 15 is 0 Å². The Kier molecular flexibility index (Phi) is 6.93. The van der Waals surface area contributed by atoms with Crippen molar-refractivity contribution in [2.75, 3.05) is 18.2 Å². The molecule has 2 aromatic heterocycles. The topological polar surface area (TPSA) is 135 Å². The molecule has 0 atom stereocenters. The van der Waals surface area contributed by atoms with E-state index in [2.05, 4.69) is 25.5 Å². The maximum Gasteiger partial charge on any atom is 0.325 e. The standard InChI is InChI=1S/C23H22N6O4S/c1-14-5-3-4-6-18(14)25-21(31)13-34-23-28-27-19(11-15-12-20(30)26-22(32)24-15)29(23)16-7-9-17(33-2)10-8-16/h3-10,12H,11,13H2,1-2H3,(H,25,31)(H2,24,26,30,32). The lowest BCUT2D eigenvalue weighted by atomic mass is 10.2. The number of aromatic nitrogens is 5. The van der Waals surface area contributed by atoms with Crippen molar-refractivity contribution in [3.63, 3.8) is 0 Å². The maximum absolute atomic E-state index is 12.6. The molecule has 2 heterocycles. The van der Waals surface area contributed by atoms with E-state index in [1.54, 1.807) is 23.8 Å². The van der Waals surface area contributed by atoms with Crippen LogP contribution < -0.4 is 21.3 Å². The van der Waals surface area contributed by atoms with Gasteiger partial charge in [-0.05, 0) is 42.8 Å². The zero-order valence-electron chi connectivity index (χ0n) is 18.5. The normalized spacial score (nSPS) is 10.8. The monoisotopic (exact) mass is 478 g/mol. The van der Waals surface area contributed by atoms with Gasteiger partial charge in [0.25, 0.3) is 5.56 Å². The summed E-state index contributed by atoms with van der Waals surface area (Å²) >= 11 is 1.23. The number of carbonyl (C=O) groups excluding carboxylic acids is 1. The molecule has 0 saturated carbocycles. The molecule has 0 fully saturated rings. The Hall–Kier alpha value is -4.12. The van der Waals surface area contributed by atoms with Crippen molar-refractivity contribution in [3.8, 4) is 11.4 Å². The number of aromatic amines is 2. The highest BCUT2D eigenvalue weighted by Gasteiger charge is 2.17. The van der Waals surface area contributed by atoms with Gasteiger partial charge in [0.15, 0.2) is 5.16 Å². The highest BCUT2D eigenvalue weighted by atomic mass is 32.2. The fourth-order valence-corrected chi connectivity index (χ4v) is 4.08.